The Labute approximate surface area is 172 Å². The zero-order valence-corrected chi connectivity index (χ0v) is 16.3. The number of carbonyl (C=O) groups is 1. The van der Waals surface area contributed by atoms with Crippen LogP contribution in [0.1, 0.15) is 0 Å². The quantitative estimate of drug-likeness (QED) is 0.450. The first kappa shape index (κ1) is 18.8. The molecule has 0 atom stereocenters. The lowest BCUT2D eigenvalue weighted by atomic mass is 10.3. The monoisotopic (exact) mass is 402 g/mol. The van der Waals surface area contributed by atoms with Crippen molar-refractivity contribution < 1.29 is 9.53 Å². The van der Waals surface area contributed by atoms with Crippen LogP contribution in [0.5, 0.6) is 11.5 Å². The van der Waals surface area contributed by atoms with Gasteiger partial charge in [-0.25, -0.2) is 9.67 Å². The molecule has 29 heavy (non-hydrogen) atoms. The maximum atomic E-state index is 12.4. The fourth-order valence-corrected chi connectivity index (χ4v) is 3.21. The fraction of sp³-hybridized carbons (Fsp3) is 0.0455. The van der Waals surface area contributed by atoms with E-state index in [2.05, 4.69) is 15.4 Å². The molecule has 0 radical (unpaired) electrons. The maximum absolute atomic E-state index is 12.4. The first-order valence-electron chi connectivity index (χ1n) is 8.99. The van der Waals surface area contributed by atoms with Crippen LogP contribution < -0.4 is 10.1 Å². The summed E-state index contributed by atoms with van der Waals surface area (Å²) in [7, 11) is 0. The van der Waals surface area contributed by atoms with Gasteiger partial charge >= 0.3 is 0 Å². The minimum Gasteiger partial charge on any atom is -0.455 e. The molecule has 1 amide bonds. The van der Waals surface area contributed by atoms with Gasteiger partial charge in [0, 0.05) is 0 Å². The Morgan fingerprint density at radius 3 is 2.41 bits per heavy atom. The number of anilines is 1. The minimum atomic E-state index is -0.157. The molecule has 6 nitrogen and oxygen atoms in total. The number of nitrogens with one attached hydrogen (secondary N) is 1. The van der Waals surface area contributed by atoms with Crippen LogP contribution in [-0.4, -0.2) is 26.4 Å². The topological polar surface area (TPSA) is 69.0 Å². The SMILES string of the molecule is O=C(CSc1ncn(-c2ccccc2)n1)Nc1ccccc1Oc1ccccc1. The molecule has 3 aromatic carbocycles. The first-order valence-corrected chi connectivity index (χ1v) is 9.98. The second-order valence-corrected chi connectivity index (χ2v) is 7.00. The summed E-state index contributed by atoms with van der Waals surface area (Å²) in [6.45, 7) is 0. The van der Waals surface area contributed by atoms with Crippen molar-refractivity contribution >= 4 is 23.4 Å². The Bertz CT molecular complexity index is 1080. The average Bonchev–Trinajstić information content (AvgIpc) is 3.24. The Morgan fingerprint density at radius 2 is 1.62 bits per heavy atom. The van der Waals surface area contributed by atoms with Crippen LogP contribution in [0.2, 0.25) is 0 Å². The highest BCUT2D eigenvalue weighted by Gasteiger charge is 2.11. The van der Waals surface area contributed by atoms with Crippen LogP contribution >= 0.6 is 11.8 Å². The Kier molecular flexibility index (Phi) is 5.87. The number of rotatable bonds is 7. The molecule has 4 rings (SSSR count). The number of aromatic nitrogens is 3. The van der Waals surface area contributed by atoms with Gasteiger partial charge in [-0.1, -0.05) is 60.3 Å². The van der Waals surface area contributed by atoms with Crippen molar-refractivity contribution in [3.8, 4) is 17.2 Å². The van der Waals surface area contributed by atoms with Gasteiger partial charge in [-0.15, -0.1) is 5.10 Å². The molecule has 7 heteroatoms. The molecule has 0 spiro atoms. The van der Waals surface area contributed by atoms with Crippen LogP contribution in [0.15, 0.2) is 96.4 Å². The number of amides is 1. The van der Waals surface area contributed by atoms with E-state index in [1.165, 1.54) is 11.8 Å². The molecule has 0 saturated heterocycles. The van der Waals surface area contributed by atoms with Crippen molar-refractivity contribution in [3.05, 3.63) is 91.3 Å². The highest BCUT2D eigenvalue weighted by molar-refractivity contribution is 7.99. The molecule has 1 heterocycles. The van der Waals surface area contributed by atoms with Gasteiger partial charge in [0.15, 0.2) is 5.75 Å². The van der Waals surface area contributed by atoms with Crippen molar-refractivity contribution in [1.82, 2.24) is 14.8 Å². The molecule has 0 fully saturated rings. The summed E-state index contributed by atoms with van der Waals surface area (Å²) < 4.78 is 7.56. The molecular weight excluding hydrogens is 384 g/mol. The smallest absolute Gasteiger partial charge is 0.234 e. The van der Waals surface area contributed by atoms with Crippen LogP contribution in [0, 0.1) is 0 Å². The molecule has 0 unspecified atom stereocenters. The van der Waals surface area contributed by atoms with Gasteiger partial charge in [-0.05, 0) is 36.4 Å². The lowest BCUT2D eigenvalue weighted by Crippen LogP contribution is -2.14. The highest BCUT2D eigenvalue weighted by atomic mass is 32.2. The van der Waals surface area contributed by atoms with Gasteiger partial charge in [-0.2, -0.15) is 0 Å². The van der Waals surface area contributed by atoms with Crippen molar-refractivity contribution in [1.29, 1.82) is 0 Å². The summed E-state index contributed by atoms with van der Waals surface area (Å²) in [5, 5.41) is 7.83. The van der Waals surface area contributed by atoms with Crippen LogP contribution in [0.3, 0.4) is 0 Å². The van der Waals surface area contributed by atoms with E-state index in [-0.39, 0.29) is 11.7 Å². The van der Waals surface area contributed by atoms with Crippen LogP contribution in [0.25, 0.3) is 5.69 Å². The number of ether oxygens (including phenoxy) is 1. The summed E-state index contributed by atoms with van der Waals surface area (Å²) in [5.41, 5.74) is 1.54. The Morgan fingerprint density at radius 1 is 0.931 bits per heavy atom. The number of thioether (sulfide) groups is 1. The van der Waals surface area contributed by atoms with Gasteiger partial charge < -0.3 is 10.1 Å². The molecule has 144 valence electrons. The molecule has 0 aliphatic carbocycles. The van der Waals surface area contributed by atoms with E-state index in [1.54, 1.807) is 11.0 Å². The van der Waals surface area contributed by atoms with Crippen molar-refractivity contribution in [2.75, 3.05) is 11.1 Å². The molecule has 0 aliphatic rings. The first-order chi connectivity index (χ1) is 14.3. The van der Waals surface area contributed by atoms with Gasteiger partial charge in [-0.3, -0.25) is 4.79 Å². The summed E-state index contributed by atoms with van der Waals surface area (Å²) in [4.78, 5) is 16.7. The Balaban J connectivity index is 1.36. The van der Waals surface area contributed by atoms with Crippen molar-refractivity contribution in [3.63, 3.8) is 0 Å². The number of nitrogens with zero attached hydrogens (tertiary/aromatic N) is 3. The third-order valence-electron chi connectivity index (χ3n) is 3.96. The largest absolute Gasteiger partial charge is 0.455 e. The maximum Gasteiger partial charge on any atom is 0.234 e. The van der Waals surface area contributed by atoms with E-state index in [0.717, 1.165) is 5.69 Å². The van der Waals surface area contributed by atoms with Gasteiger partial charge in [0.2, 0.25) is 11.1 Å². The standard InChI is InChI=1S/C22H18N4O2S/c27-21(15-29-22-23-16-26(25-22)17-9-3-1-4-10-17)24-19-13-7-8-14-20(19)28-18-11-5-2-6-12-18/h1-14,16H,15H2,(H,24,27). The van der Waals surface area contributed by atoms with Crippen LogP contribution in [-0.2, 0) is 4.79 Å². The van der Waals surface area contributed by atoms with Crippen molar-refractivity contribution in [2.24, 2.45) is 0 Å². The van der Waals surface area contributed by atoms with E-state index in [0.29, 0.717) is 22.3 Å². The minimum absolute atomic E-state index is 0.157. The predicted molar refractivity (Wildman–Crippen MR) is 114 cm³/mol. The molecule has 0 aliphatic heterocycles. The summed E-state index contributed by atoms with van der Waals surface area (Å²) in [6, 6.07) is 26.5. The normalized spacial score (nSPS) is 10.5. The van der Waals surface area contributed by atoms with Gasteiger partial charge in [0.25, 0.3) is 0 Å². The Hall–Kier alpha value is -3.58. The molecule has 1 aromatic heterocycles. The third-order valence-corrected chi connectivity index (χ3v) is 4.81. The molecule has 0 saturated carbocycles. The molecule has 4 aromatic rings. The number of hydrogen-bond donors (Lipinski definition) is 1. The summed E-state index contributed by atoms with van der Waals surface area (Å²) >= 11 is 1.28. The van der Waals surface area contributed by atoms with Crippen molar-refractivity contribution in [2.45, 2.75) is 5.16 Å². The number of hydrogen-bond acceptors (Lipinski definition) is 5. The third kappa shape index (κ3) is 5.03. The van der Waals surface area contributed by atoms with Gasteiger partial charge in [0.05, 0.1) is 17.1 Å². The number of benzene rings is 3. The lowest BCUT2D eigenvalue weighted by molar-refractivity contribution is -0.113. The van der Waals surface area contributed by atoms with E-state index in [1.807, 2.05) is 84.9 Å². The van der Waals surface area contributed by atoms with E-state index in [4.69, 9.17) is 4.74 Å². The molecule has 1 N–H and O–H groups in total. The summed E-state index contributed by atoms with van der Waals surface area (Å²) in [6.07, 6.45) is 1.64. The van der Waals surface area contributed by atoms with Gasteiger partial charge in [0.1, 0.15) is 12.1 Å². The zero-order chi connectivity index (χ0) is 19.9. The molecular formula is C22H18N4O2S. The highest BCUT2D eigenvalue weighted by Crippen LogP contribution is 2.29. The number of para-hydroxylation sites is 4. The van der Waals surface area contributed by atoms with Crippen LogP contribution in [0.4, 0.5) is 5.69 Å². The second kappa shape index (κ2) is 9.07. The summed E-state index contributed by atoms with van der Waals surface area (Å²) in [5.74, 6) is 1.33. The zero-order valence-electron chi connectivity index (χ0n) is 15.4. The van der Waals surface area contributed by atoms with E-state index < -0.39 is 0 Å². The number of carbonyl (C=O) groups excluding carboxylic acids is 1. The second-order valence-electron chi connectivity index (χ2n) is 6.06. The predicted octanol–water partition coefficient (Wildman–Crippen LogP) is 4.79. The fourth-order valence-electron chi connectivity index (χ4n) is 2.61. The average molecular weight is 402 g/mol. The van der Waals surface area contributed by atoms with E-state index >= 15 is 0 Å². The molecule has 0 bridgehead atoms. The lowest BCUT2D eigenvalue weighted by Gasteiger charge is -2.11. The van der Waals surface area contributed by atoms with E-state index in [9.17, 15) is 4.79 Å².